The molecule has 0 fully saturated rings. The van der Waals surface area contributed by atoms with Crippen LogP contribution in [0.2, 0.25) is 0 Å². The number of carbonyl (C=O) groups is 1. The minimum atomic E-state index is -0.532. The van der Waals surface area contributed by atoms with Gasteiger partial charge in [0.15, 0.2) is 17.2 Å². The quantitative estimate of drug-likeness (QED) is 0.621. The molecule has 0 unspecified atom stereocenters. The number of ether oxygens (including phenoxy) is 5. The first-order valence-corrected chi connectivity index (χ1v) is 7.82. The second-order valence-electron chi connectivity index (χ2n) is 5.51. The average Bonchev–Trinajstić information content (AvgIpc) is 3.28. The Balaban J connectivity index is 1.67. The minimum Gasteiger partial charge on any atom is -0.497 e. The molecule has 7 nitrogen and oxygen atoms in total. The van der Waals surface area contributed by atoms with Crippen LogP contribution in [-0.4, -0.2) is 32.9 Å². The van der Waals surface area contributed by atoms with Crippen molar-refractivity contribution in [1.82, 2.24) is 0 Å². The molecule has 0 aromatic heterocycles. The van der Waals surface area contributed by atoms with E-state index in [4.69, 9.17) is 23.7 Å². The molecule has 0 bridgehead atoms. The number of benzene rings is 2. The van der Waals surface area contributed by atoms with Crippen molar-refractivity contribution in [3.05, 3.63) is 53.2 Å². The number of rotatable bonds is 4. The molecule has 0 spiro atoms. The number of hydrogen-bond acceptors (Lipinski definition) is 7. The van der Waals surface area contributed by atoms with Gasteiger partial charge in [-0.3, -0.25) is 0 Å². The first kappa shape index (κ1) is 16.0. The average molecular weight is 353 g/mol. The molecule has 0 aliphatic carbocycles. The Morgan fingerprint density at radius 2 is 1.88 bits per heavy atom. The zero-order valence-electron chi connectivity index (χ0n) is 14.1. The number of fused-ring (bicyclic) bond motifs is 1. The molecule has 2 aromatic carbocycles. The van der Waals surface area contributed by atoms with E-state index in [2.05, 4.69) is 4.99 Å². The fourth-order valence-corrected chi connectivity index (χ4v) is 2.65. The molecule has 7 heteroatoms. The van der Waals surface area contributed by atoms with Gasteiger partial charge in [0, 0.05) is 17.2 Å². The highest BCUT2D eigenvalue weighted by Gasteiger charge is 2.26. The molecule has 2 aromatic rings. The van der Waals surface area contributed by atoms with Gasteiger partial charge in [-0.25, -0.2) is 9.79 Å². The van der Waals surface area contributed by atoms with Crippen molar-refractivity contribution in [3.63, 3.8) is 0 Å². The number of nitrogens with zero attached hydrogens (tertiary/aromatic N) is 1. The summed E-state index contributed by atoms with van der Waals surface area (Å²) in [7, 11) is 3.12. The SMILES string of the molecule is COc1ccc(C=C2N=C(c3ccc4c(c3)OCO4)OC2=O)c(OC)c1. The molecular weight excluding hydrogens is 338 g/mol. The summed E-state index contributed by atoms with van der Waals surface area (Å²) in [5.74, 6) is 2.15. The first-order chi connectivity index (χ1) is 12.7. The van der Waals surface area contributed by atoms with Gasteiger partial charge in [0.05, 0.1) is 14.2 Å². The summed E-state index contributed by atoms with van der Waals surface area (Å²) in [6.45, 7) is 0.174. The summed E-state index contributed by atoms with van der Waals surface area (Å²) >= 11 is 0. The summed E-state index contributed by atoms with van der Waals surface area (Å²) in [6.07, 6.45) is 1.61. The van der Waals surface area contributed by atoms with Gasteiger partial charge in [-0.15, -0.1) is 0 Å². The lowest BCUT2D eigenvalue weighted by Crippen LogP contribution is -2.05. The summed E-state index contributed by atoms with van der Waals surface area (Å²) in [4.78, 5) is 16.5. The lowest BCUT2D eigenvalue weighted by Gasteiger charge is -2.07. The largest absolute Gasteiger partial charge is 0.497 e. The summed E-state index contributed by atoms with van der Waals surface area (Å²) < 4.78 is 26.4. The normalized spacial score (nSPS) is 16.5. The number of carbonyl (C=O) groups excluding carboxylic acids is 1. The van der Waals surface area contributed by atoms with Gasteiger partial charge in [-0.2, -0.15) is 0 Å². The van der Waals surface area contributed by atoms with E-state index in [-0.39, 0.29) is 18.4 Å². The Kier molecular flexibility index (Phi) is 3.96. The molecule has 2 heterocycles. The molecule has 0 atom stereocenters. The highest BCUT2D eigenvalue weighted by atomic mass is 16.7. The van der Waals surface area contributed by atoms with Crippen molar-refractivity contribution >= 4 is 17.9 Å². The van der Waals surface area contributed by atoms with Crippen LogP contribution in [0.25, 0.3) is 6.08 Å². The number of methoxy groups -OCH3 is 2. The maximum atomic E-state index is 12.2. The van der Waals surface area contributed by atoms with Crippen LogP contribution in [0.3, 0.4) is 0 Å². The van der Waals surface area contributed by atoms with Crippen LogP contribution in [0.5, 0.6) is 23.0 Å². The van der Waals surface area contributed by atoms with E-state index in [1.807, 2.05) is 0 Å². The third-order valence-electron chi connectivity index (χ3n) is 3.97. The minimum absolute atomic E-state index is 0.174. The fourth-order valence-electron chi connectivity index (χ4n) is 2.65. The van der Waals surface area contributed by atoms with E-state index in [1.165, 1.54) is 0 Å². The van der Waals surface area contributed by atoms with Crippen LogP contribution in [0.1, 0.15) is 11.1 Å². The number of esters is 1. The smallest absolute Gasteiger partial charge is 0.363 e. The highest BCUT2D eigenvalue weighted by Crippen LogP contribution is 2.34. The van der Waals surface area contributed by atoms with Crippen molar-refractivity contribution in [2.45, 2.75) is 0 Å². The predicted octanol–water partition coefficient (Wildman–Crippen LogP) is 2.78. The van der Waals surface area contributed by atoms with Crippen molar-refractivity contribution in [3.8, 4) is 23.0 Å². The Labute approximate surface area is 149 Å². The fraction of sp³-hybridized carbons (Fsp3) is 0.158. The monoisotopic (exact) mass is 353 g/mol. The molecular formula is C19H15NO6. The van der Waals surface area contributed by atoms with Gasteiger partial charge in [-0.1, -0.05) is 0 Å². The van der Waals surface area contributed by atoms with E-state index < -0.39 is 5.97 Å². The van der Waals surface area contributed by atoms with Crippen molar-refractivity contribution in [1.29, 1.82) is 0 Å². The second kappa shape index (κ2) is 6.44. The predicted molar refractivity (Wildman–Crippen MR) is 92.7 cm³/mol. The van der Waals surface area contributed by atoms with Crippen molar-refractivity contribution in [2.24, 2.45) is 4.99 Å². The van der Waals surface area contributed by atoms with E-state index >= 15 is 0 Å². The summed E-state index contributed by atoms with van der Waals surface area (Å²) in [5.41, 5.74) is 1.50. The van der Waals surface area contributed by atoms with E-state index in [0.29, 0.717) is 34.1 Å². The van der Waals surface area contributed by atoms with Crippen LogP contribution in [-0.2, 0) is 9.53 Å². The zero-order valence-corrected chi connectivity index (χ0v) is 14.1. The molecule has 2 aliphatic rings. The Morgan fingerprint density at radius 1 is 1.04 bits per heavy atom. The van der Waals surface area contributed by atoms with Crippen LogP contribution in [0.4, 0.5) is 0 Å². The summed E-state index contributed by atoms with van der Waals surface area (Å²) in [6, 6.07) is 10.5. The van der Waals surface area contributed by atoms with Crippen LogP contribution in [0.15, 0.2) is 47.1 Å². The van der Waals surface area contributed by atoms with Gasteiger partial charge < -0.3 is 23.7 Å². The van der Waals surface area contributed by atoms with Crippen LogP contribution >= 0.6 is 0 Å². The van der Waals surface area contributed by atoms with Crippen molar-refractivity contribution in [2.75, 3.05) is 21.0 Å². The first-order valence-electron chi connectivity index (χ1n) is 7.82. The molecule has 2 aliphatic heterocycles. The van der Waals surface area contributed by atoms with E-state index in [0.717, 1.165) is 0 Å². The Bertz CT molecular complexity index is 947. The van der Waals surface area contributed by atoms with Gasteiger partial charge in [0.1, 0.15) is 11.5 Å². The maximum absolute atomic E-state index is 12.2. The molecule has 4 rings (SSSR count). The topological polar surface area (TPSA) is 75.6 Å². The third-order valence-corrected chi connectivity index (χ3v) is 3.97. The molecule has 0 saturated carbocycles. The zero-order chi connectivity index (χ0) is 18.1. The van der Waals surface area contributed by atoms with Gasteiger partial charge >= 0.3 is 5.97 Å². The lowest BCUT2D eigenvalue weighted by atomic mass is 10.1. The molecule has 0 N–H and O–H groups in total. The van der Waals surface area contributed by atoms with Gasteiger partial charge in [-0.05, 0) is 36.4 Å². The summed E-state index contributed by atoms with van der Waals surface area (Å²) in [5, 5.41) is 0. The molecule has 0 amide bonds. The van der Waals surface area contributed by atoms with Gasteiger partial charge in [0.2, 0.25) is 12.7 Å². The highest BCUT2D eigenvalue weighted by molar-refractivity contribution is 6.13. The Morgan fingerprint density at radius 3 is 2.69 bits per heavy atom. The standard InChI is InChI=1S/C19H15NO6/c1-22-13-5-3-11(16(9-13)23-2)7-14-19(21)26-18(20-14)12-4-6-15-17(8-12)25-10-24-15/h3-9H,10H2,1-2H3. The van der Waals surface area contributed by atoms with Gasteiger partial charge in [0.25, 0.3) is 0 Å². The van der Waals surface area contributed by atoms with Crippen LogP contribution < -0.4 is 18.9 Å². The molecule has 0 saturated heterocycles. The second-order valence-corrected chi connectivity index (χ2v) is 5.51. The van der Waals surface area contributed by atoms with E-state index in [1.54, 1.807) is 56.7 Å². The lowest BCUT2D eigenvalue weighted by molar-refractivity contribution is -0.129. The molecule has 26 heavy (non-hydrogen) atoms. The van der Waals surface area contributed by atoms with E-state index in [9.17, 15) is 4.79 Å². The molecule has 132 valence electrons. The van der Waals surface area contributed by atoms with Crippen molar-refractivity contribution < 1.29 is 28.5 Å². The molecule has 0 radical (unpaired) electrons. The van der Waals surface area contributed by atoms with Crippen LogP contribution in [0, 0.1) is 0 Å². The number of hydrogen-bond donors (Lipinski definition) is 0. The number of cyclic esters (lactones) is 1. The third kappa shape index (κ3) is 2.83. The Hall–Kier alpha value is -3.48. The maximum Gasteiger partial charge on any atom is 0.363 e. The number of aliphatic imine (C=N–C) groups is 1.